The number of esters is 4. The van der Waals surface area contributed by atoms with E-state index in [1.165, 1.54) is 6.92 Å². The molecule has 11 nitrogen and oxygen atoms in total. The van der Waals surface area contributed by atoms with Crippen molar-refractivity contribution in [1.82, 2.24) is 0 Å². The van der Waals surface area contributed by atoms with Gasteiger partial charge >= 0.3 is 23.9 Å². The number of ether oxygens (including phenoxy) is 6. The number of carbonyl (C=O) groups is 4. The smallest absolute Gasteiger partial charge is 0.303 e. The molecule has 0 saturated carbocycles. The zero-order valence-electron chi connectivity index (χ0n) is 20.2. The predicted octanol–water partition coefficient (Wildman–Crippen LogP) is 1.78. The number of phenolic OH excluding ortho intramolecular Hbond substituents is 1. The van der Waals surface area contributed by atoms with Gasteiger partial charge in [0.15, 0.2) is 12.2 Å². The Balaban J connectivity index is 2.55. The van der Waals surface area contributed by atoms with Gasteiger partial charge in [-0.15, -0.1) is 0 Å². The van der Waals surface area contributed by atoms with Crippen LogP contribution < -0.4 is 4.74 Å². The average Bonchev–Trinajstić information content (AvgIpc) is 2.72. The summed E-state index contributed by atoms with van der Waals surface area (Å²) in [5.41, 5.74) is 1.69. The second-order valence-electron chi connectivity index (χ2n) is 7.98. The summed E-state index contributed by atoms with van der Waals surface area (Å²) in [6, 6.07) is 1.58. The third-order valence-electron chi connectivity index (χ3n) is 5.20. The number of phenols is 1. The first-order valence-corrected chi connectivity index (χ1v) is 10.6. The molecular formula is C23H30O11. The van der Waals surface area contributed by atoms with Crippen LogP contribution in [0.5, 0.6) is 11.5 Å². The third kappa shape index (κ3) is 6.60. The molecule has 34 heavy (non-hydrogen) atoms. The first kappa shape index (κ1) is 26.9. The number of hydrogen-bond acceptors (Lipinski definition) is 11. The minimum absolute atomic E-state index is 0.103. The van der Waals surface area contributed by atoms with Gasteiger partial charge in [-0.2, -0.15) is 0 Å². The highest BCUT2D eigenvalue weighted by molar-refractivity contribution is 5.68. The average molecular weight is 482 g/mol. The highest BCUT2D eigenvalue weighted by Gasteiger charge is 2.53. The quantitative estimate of drug-likeness (QED) is 0.448. The van der Waals surface area contributed by atoms with E-state index >= 15 is 0 Å². The standard InChI is InChI=1S/C23H30O11/c1-10-8-17(11(2)12(3)19(10)28)33-23-22(32-16(7)27)21(31-15(6)26)20(30-14(5)25)18(34-23)9-29-13(4)24/h8,18,20-23,28H,9H2,1-7H3/t18-,20-,21+,22-,23-/m1/s1. The van der Waals surface area contributed by atoms with E-state index in [0.717, 1.165) is 20.8 Å². The fraction of sp³-hybridized carbons (Fsp3) is 0.565. The van der Waals surface area contributed by atoms with Gasteiger partial charge in [0.2, 0.25) is 12.4 Å². The molecule has 1 aliphatic heterocycles. The van der Waals surface area contributed by atoms with Crippen molar-refractivity contribution in [2.45, 2.75) is 79.2 Å². The zero-order valence-corrected chi connectivity index (χ0v) is 20.2. The van der Waals surface area contributed by atoms with E-state index in [4.69, 9.17) is 28.4 Å². The van der Waals surface area contributed by atoms with Crippen LogP contribution in [0.1, 0.15) is 44.4 Å². The SMILES string of the molecule is CC(=O)OC[C@H]1O[C@@H](Oc2cc(C)c(O)c(C)c2C)[C@H](OC(C)=O)[C@@H](OC(C)=O)[C@@H]1OC(C)=O. The summed E-state index contributed by atoms with van der Waals surface area (Å²) in [6.45, 7) is 9.36. The second-order valence-corrected chi connectivity index (χ2v) is 7.98. The minimum Gasteiger partial charge on any atom is -0.507 e. The van der Waals surface area contributed by atoms with Crippen molar-refractivity contribution in [3.8, 4) is 11.5 Å². The molecule has 0 bridgehead atoms. The molecule has 1 heterocycles. The maximum Gasteiger partial charge on any atom is 0.303 e. The topological polar surface area (TPSA) is 144 Å². The summed E-state index contributed by atoms with van der Waals surface area (Å²) >= 11 is 0. The van der Waals surface area contributed by atoms with Crippen LogP contribution in [0.3, 0.4) is 0 Å². The molecule has 11 heteroatoms. The lowest BCUT2D eigenvalue weighted by Gasteiger charge is -2.44. The lowest BCUT2D eigenvalue weighted by Crippen LogP contribution is -2.63. The van der Waals surface area contributed by atoms with E-state index in [1.54, 1.807) is 26.8 Å². The maximum atomic E-state index is 11.9. The molecule has 0 unspecified atom stereocenters. The lowest BCUT2D eigenvalue weighted by molar-refractivity contribution is -0.288. The van der Waals surface area contributed by atoms with Crippen molar-refractivity contribution in [2.75, 3.05) is 6.61 Å². The molecule has 1 fully saturated rings. The minimum atomic E-state index is -1.34. The Kier molecular flexibility index (Phi) is 8.86. The highest BCUT2D eigenvalue weighted by Crippen LogP contribution is 2.36. The van der Waals surface area contributed by atoms with Crippen LogP contribution in [-0.2, 0) is 42.9 Å². The van der Waals surface area contributed by atoms with Crippen LogP contribution in [0.4, 0.5) is 0 Å². The normalized spacial score (nSPS) is 24.0. The fourth-order valence-electron chi connectivity index (χ4n) is 3.56. The number of rotatable bonds is 7. The Labute approximate surface area is 197 Å². The molecule has 5 atom stereocenters. The third-order valence-corrected chi connectivity index (χ3v) is 5.20. The first-order valence-electron chi connectivity index (χ1n) is 10.6. The van der Waals surface area contributed by atoms with Crippen molar-refractivity contribution >= 4 is 23.9 Å². The van der Waals surface area contributed by atoms with Crippen LogP contribution in [0.2, 0.25) is 0 Å². The molecule has 0 amide bonds. The van der Waals surface area contributed by atoms with E-state index < -0.39 is 54.6 Å². The lowest BCUT2D eigenvalue weighted by atomic mass is 9.97. The molecule has 1 aliphatic rings. The number of hydrogen-bond donors (Lipinski definition) is 1. The van der Waals surface area contributed by atoms with Crippen molar-refractivity contribution in [2.24, 2.45) is 0 Å². The van der Waals surface area contributed by atoms with Crippen molar-refractivity contribution in [1.29, 1.82) is 0 Å². The highest BCUT2D eigenvalue weighted by atomic mass is 16.7. The first-order chi connectivity index (χ1) is 15.8. The zero-order chi connectivity index (χ0) is 25.7. The Morgan fingerprint density at radius 3 is 1.88 bits per heavy atom. The largest absolute Gasteiger partial charge is 0.507 e. The number of aromatic hydroxyl groups is 1. The number of aryl methyl sites for hydroxylation is 1. The molecule has 2 rings (SSSR count). The molecule has 1 aromatic carbocycles. The Morgan fingerprint density at radius 2 is 1.35 bits per heavy atom. The fourth-order valence-corrected chi connectivity index (χ4v) is 3.56. The van der Waals surface area contributed by atoms with Gasteiger partial charge in [0, 0.05) is 27.7 Å². The molecule has 0 aliphatic carbocycles. The van der Waals surface area contributed by atoms with Gasteiger partial charge in [-0.1, -0.05) is 0 Å². The molecule has 0 spiro atoms. The Hall–Kier alpha value is -3.34. The van der Waals surface area contributed by atoms with Gasteiger partial charge < -0.3 is 33.5 Å². The van der Waals surface area contributed by atoms with Crippen LogP contribution in [0.25, 0.3) is 0 Å². The van der Waals surface area contributed by atoms with Crippen LogP contribution in [0, 0.1) is 20.8 Å². The molecular weight excluding hydrogens is 452 g/mol. The van der Waals surface area contributed by atoms with Crippen LogP contribution in [-0.4, -0.2) is 66.3 Å². The summed E-state index contributed by atoms with van der Waals surface area (Å²) < 4.78 is 33.1. The van der Waals surface area contributed by atoms with E-state index in [9.17, 15) is 24.3 Å². The Morgan fingerprint density at radius 1 is 0.824 bits per heavy atom. The van der Waals surface area contributed by atoms with E-state index in [0.29, 0.717) is 22.4 Å². The molecule has 1 N–H and O–H groups in total. The maximum absolute atomic E-state index is 11.9. The van der Waals surface area contributed by atoms with Gasteiger partial charge in [-0.3, -0.25) is 19.2 Å². The molecule has 0 radical (unpaired) electrons. The summed E-state index contributed by atoms with van der Waals surface area (Å²) in [5, 5.41) is 10.2. The van der Waals surface area contributed by atoms with E-state index in [-0.39, 0.29) is 12.4 Å². The van der Waals surface area contributed by atoms with E-state index in [2.05, 4.69) is 0 Å². The monoisotopic (exact) mass is 482 g/mol. The summed E-state index contributed by atoms with van der Waals surface area (Å²) in [6.07, 6.45) is -6.40. The van der Waals surface area contributed by atoms with Crippen LogP contribution >= 0.6 is 0 Å². The summed E-state index contributed by atoms with van der Waals surface area (Å²) in [4.78, 5) is 47.0. The Bertz CT molecular complexity index is 955. The molecule has 1 aromatic rings. The summed E-state index contributed by atoms with van der Waals surface area (Å²) in [5.74, 6) is -2.39. The number of carbonyl (C=O) groups excluding carboxylic acids is 4. The second kappa shape index (κ2) is 11.2. The summed E-state index contributed by atoms with van der Waals surface area (Å²) in [7, 11) is 0. The van der Waals surface area contributed by atoms with Gasteiger partial charge in [-0.25, -0.2) is 0 Å². The van der Waals surface area contributed by atoms with Gasteiger partial charge in [0.05, 0.1) is 0 Å². The van der Waals surface area contributed by atoms with Crippen molar-refractivity contribution in [3.05, 3.63) is 22.8 Å². The molecule has 1 saturated heterocycles. The predicted molar refractivity (Wildman–Crippen MR) is 115 cm³/mol. The van der Waals surface area contributed by atoms with E-state index in [1.807, 2.05) is 0 Å². The van der Waals surface area contributed by atoms with Gasteiger partial charge in [0.25, 0.3) is 0 Å². The van der Waals surface area contributed by atoms with Crippen molar-refractivity contribution in [3.63, 3.8) is 0 Å². The number of benzene rings is 1. The van der Waals surface area contributed by atoms with Crippen LogP contribution in [0.15, 0.2) is 6.07 Å². The molecule has 0 aromatic heterocycles. The van der Waals surface area contributed by atoms with Gasteiger partial charge in [0.1, 0.15) is 24.2 Å². The van der Waals surface area contributed by atoms with Gasteiger partial charge in [-0.05, 0) is 43.5 Å². The molecule has 188 valence electrons. The van der Waals surface area contributed by atoms with Crippen molar-refractivity contribution < 1.29 is 52.7 Å².